The zero-order valence-electron chi connectivity index (χ0n) is 65.1. The molecule has 6 aromatic carbocycles. The second-order valence-corrected chi connectivity index (χ2v) is 30.1. The lowest BCUT2D eigenvalue weighted by Gasteiger charge is -2.13. The Hall–Kier alpha value is -10.8. The van der Waals surface area contributed by atoms with E-state index in [-0.39, 0.29) is 121 Å². The Morgan fingerprint density at radius 2 is 0.573 bits per heavy atom. The highest BCUT2D eigenvalue weighted by Gasteiger charge is 2.18. The van der Waals surface area contributed by atoms with Gasteiger partial charge in [-0.25, -0.2) is 0 Å². The van der Waals surface area contributed by atoms with Crippen molar-refractivity contribution < 1.29 is 77.4 Å². The van der Waals surface area contributed by atoms with E-state index in [9.17, 15) is 99.0 Å². The average molecular weight is 1770 g/mol. The SMILES string of the molecule is CCC(=O)C(C)COC(=S)Nc1ccc([N+](=O)[O-])cc1.CCC(=O)C(C)CSC(=O)Nc1ccc([N+](=O)[O-])cc1.CCC(=O)C(C)CSC(=S)Nc1ccc([N+](=O)[O-])cc1.CCC(=O)CCOC(=S)Nc1ccc([N+](=O)[O-])cc1.CCC(=O)CCSC(=O)Nc1ccc([N+](=O)[O-])cc1.CCC(=O)CCSC(=S)Nc1ccc([N+](=O)[O-])cc1. The lowest BCUT2D eigenvalue weighted by Crippen LogP contribution is -2.21. The lowest BCUT2D eigenvalue weighted by atomic mass is 10.1. The van der Waals surface area contributed by atoms with Crippen LogP contribution in [0.4, 0.5) is 77.8 Å². The Labute approximate surface area is 713 Å². The molecule has 3 atom stereocenters. The number of ether oxygens (including phenoxy) is 2. The molecular weight excluding hydrogens is 1680 g/mol. The molecule has 3 unspecified atom stereocenters. The van der Waals surface area contributed by atoms with Crippen LogP contribution in [-0.4, -0.2) is 130 Å². The van der Waals surface area contributed by atoms with Crippen LogP contribution in [0.5, 0.6) is 0 Å². The normalized spacial score (nSPS) is 10.8. The van der Waals surface area contributed by atoms with E-state index in [0.29, 0.717) is 124 Å². The van der Waals surface area contributed by atoms with Gasteiger partial charge in [0.15, 0.2) is 0 Å². The molecule has 0 aromatic heterocycles. The number of thioether (sulfide) groups is 4. The predicted molar refractivity (Wildman–Crippen MR) is 476 cm³/mol. The summed E-state index contributed by atoms with van der Waals surface area (Å²) >= 11 is 25.0. The number of carbonyl (C=O) groups excluding carboxylic acids is 8. The Bertz CT molecular complexity index is 3910. The molecule has 0 aliphatic carbocycles. The topological polar surface area (TPSA) is 486 Å². The van der Waals surface area contributed by atoms with E-state index in [4.69, 9.17) is 58.3 Å². The molecule has 6 aromatic rings. The molecule has 6 rings (SSSR count). The van der Waals surface area contributed by atoms with Crippen molar-refractivity contribution in [1.82, 2.24) is 0 Å². The van der Waals surface area contributed by atoms with Crippen LogP contribution in [0.1, 0.15) is 120 Å². The summed E-state index contributed by atoms with van der Waals surface area (Å²) < 4.78 is 11.5. The number of ketones is 6. The average Bonchev–Trinajstić information content (AvgIpc) is 0.908. The fraction of sp³-hybridized carbons (Fsp3) is 0.360. The van der Waals surface area contributed by atoms with Gasteiger partial charge in [-0.3, -0.25) is 99.0 Å². The number of nitro groups is 6. The van der Waals surface area contributed by atoms with Gasteiger partial charge in [0.05, 0.1) is 36.1 Å². The van der Waals surface area contributed by atoms with Crippen molar-refractivity contribution in [2.45, 2.75) is 120 Å². The molecule has 0 heterocycles. The number of nitrogens with zero attached hydrogens (tertiary/aromatic N) is 6. The van der Waals surface area contributed by atoms with Gasteiger partial charge in [-0.15, -0.1) is 0 Å². The number of hydrogen-bond donors (Lipinski definition) is 6. The quantitative estimate of drug-likeness (QED) is 0.0121. The van der Waals surface area contributed by atoms with Crippen LogP contribution in [0.3, 0.4) is 0 Å². The van der Waals surface area contributed by atoms with Crippen LogP contribution in [0, 0.1) is 78.4 Å². The molecule has 0 bridgehead atoms. The van der Waals surface area contributed by atoms with Gasteiger partial charge < -0.3 is 41.4 Å². The number of hydrogen-bond acceptors (Lipinski definition) is 30. The summed E-state index contributed by atoms with van der Waals surface area (Å²) in [6.45, 7) is 16.7. The third-order valence-electron chi connectivity index (χ3n) is 15.1. The van der Waals surface area contributed by atoms with Crippen LogP contribution in [0.15, 0.2) is 146 Å². The fourth-order valence-corrected chi connectivity index (χ4v) is 12.2. The first-order valence-corrected chi connectivity index (χ1v) is 41.2. The number of anilines is 6. The van der Waals surface area contributed by atoms with E-state index in [1.165, 1.54) is 145 Å². The Morgan fingerprint density at radius 1 is 0.325 bits per heavy atom. The summed E-state index contributed by atoms with van der Waals surface area (Å²) in [6.07, 6.45) is 4.15. The second kappa shape index (κ2) is 59.0. The van der Waals surface area contributed by atoms with Crippen molar-refractivity contribution in [3.05, 3.63) is 206 Å². The van der Waals surface area contributed by atoms with E-state index >= 15 is 0 Å². The van der Waals surface area contributed by atoms with E-state index < -0.39 is 29.5 Å². The number of Topliss-reactive ketones (excluding diaryl/α,β-unsaturated/α-hetero) is 6. The molecule has 2 amide bonds. The number of thiocarbonyl (C=S) groups is 4. The summed E-state index contributed by atoms with van der Waals surface area (Å²) in [6, 6.07) is 34.8. The highest BCUT2D eigenvalue weighted by molar-refractivity contribution is 8.23. The number of benzene rings is 6. The number of non-ortho nitro benzene ring substituents is 6. The van der Waals surface area contributed by atoms with Gasteiger partial charge in [-0.2, -0.15) is 0 Å². The van der Waals surface area contributed by atoms with Crippen LogP contribution < -0.4 is 31.9 Å². The van der Waals surface area contributed by atoms with Crippen molar-refractivity contribution in [2.75, 3.05) is 68.1 Å². The molecule has 0 radical (unpaired) electrons. The van der Waals surface area contributed by atoms with Crippen molar-refractivity contribution in [3.63, 3.8) is 0 Å². The molecule has 42 heteroatoms. The number of nitro benzene ring substituents is 6. The second-order valence-electron chi connectivity index (χ2n) is 23.9. The van der Waals surface area contributed by atoms with Crippen molar-refractivity contribution >= 4 is 228 Å². The molecule has 0 spiro atoms. The smallest absolute Gasteiger partial charge is 0.283 e. The highest BCUT2D eigenvalue weighted by Crippen LogP contribution is 2.25. The molecule has 0 aliphatic heterocycles. The first-order valence-electron chi connectivity index (χ1n) is 35.6. The summed E-state index contributed by atoms with van der Waals surface area (Å²) in [5.41, 5.74) is 3.59. The summed E-state index contributed by atoms with van der Waals surface area (Å²) in [7, 11) is 0. The minimum atomic E-state index is -0.503. The maximum absolute atomic E-state index is 11.7. The minimum Gasteiger partial charge on any atom is -0.470 e. The van der Waals surface area contributed by atoms with Gasteiger partial charge in [0, 0.05) is 205 Å². The van der Waals surface area contributed by atoms with Gasteiger partial charge in [0.25, 0.3) is 55.0 Å². The first kappa shape index (κ1) is 104. The molecule has 630 valence electrons. The molecule has 0 aliphatic rings. The zero-order chi connectivity index (χ0) is 88.1. The Morgan fingerprint density at radius 3 is 0.872 bits per heavy atom. The number of amides is 2. The summed E-state index contributed by atoms with van der Waals surface area (Å²) in [4.78, 5) is 151. The molecule has 0 fully saturated rings. The number of nitrogens with one attached hydrogen (secondary N) is 6. The number of rotatable bonds is 36. The maximum Gasteiger partial charge on any atom is 0.283 e. The summed E-state index contributed by atoms with van der Waals surface area (Å²) in [5, 5.41) is 79.4. The van der Waals surface area contributed by atoms with E-state index in [0.717, 1.165) is 23.5 Å². The van der Waals surface area contributed by atoms with Crippen molar-refractivity contribution in [1.29, 1.82) is 0 Å². The highest BCUT2D eigenvalue weighted by atomic mass is 32.2. The van der Waals surface area contributed by atoms with Crippen molar-refractivity contribution in [2.24, 2.45) is 17.8 Å². The van der Waals surface area contributed by atoms with Crippen LogP contribution >= 0.6 is 95.9 Å². The lowest BCUT2D eigenvalue weighted by molar-refractivity contribution is -0.385. The van der Waals surface area contributed by atoms with E-state index in [2.05, 4.69) is 31.9 Å². The molecular formula is C75H90N12O22S8. The van der Waals surface area contributed by atoms with E-state index in [1.807, 2.05) is 20.8 Å². The minimum absolute atomic E-state index is 0.00421. The number of carbonyl (C=O) groups is 8. The monoisotopic (exact) mass is 1770 g/mol. The van der Waals surface area contributed by atoms with Gasteiger partial charge in [-0.05, 0) is 97.2 Å². The third-order valence-corrected chi connectivity index (χ3v) is 20.0. The van der Waals surface area contributed by atoms with Crippen LogP contribution in [-0.2, 0) is 38.2 Å². The molecule has 6 N–H and O–H groups in total. The largest absolute Gasteiger partial charge is 0.470 e. The predicted octanol–water partition coefficient (Wildman–Crippen LogP) is 19.3. The van der Waals surface area contributed by atoms with Crippen LogP contribution in [0.2, 0.25) is 0 Å². The third kappa shape index (κ3) is 47.2. The maximum atomic E-state index is 11.7. The Kier molecular flexibility index (Phi) is 52.6. The standard InChI is InChI=1S/2C13H16N2O4S.C13H16N2O3S2.2C12H14N2O4S.C12H14N2O3S2/c1-3-12(16)9(2)8-19-13(20)14-10-4-6-11(7-5-10)15(17)18;1-3-12(16)9(2)8-20-13(17)14-10-4-6-11(7-5-10)15(18)19;1-3-12(16)9(2)8-20-13(19)14-10-4-6-11(7-5-10)15(17)18;1-2-11(15)7-8-18-12(19)13-9-3-5-10(6-4-9)14(16)17;1-2-11(15)7-8-19-12(16)13-9-3-5-10(6-4-9)14(17)18;1-2-11(15)7-8-19-12(18)13-9-3-5-10(6-4-9)14(16)17/h4-7,9H,3,8H2,1-2H3,(H,14,20);4-7,9H,3,8H2,1-2H3,(H,14,17);4-7,9H,3,8H2,1-2H3,(H,14,19);3-6H,2,7-8H2,1H3,(H,13,19);3-6H,2,7-8H2,1H3,(H,13,16);3-6H,2,7-8H2,1H3,(H,13,18). The zero-order valence-corrected chi connectivity index (χ0v) is 71.7. The molecule has 0 saturated heterocycles. The molecule has 0 saturated carbocycles. The summed E-state index contributed by atoms with van der Waals surface area (Å²) in [5.74, 6) is 2.64. The van der Waals surface area contributed by atoms with Crippen LogP contribution in [0.25, 0.3) is 0 Å². The molecule has 34 nitrogen and oxygen atoms in total. The van der Waals surface area contributed by atoms with Gasteiger partial charge >= 0.3 is 0 Å². The van der Waals surface area contributed by atoms with Gasteiger partial charge in [-0.1, -0.05) is 134 Å². The van der Waals surface area contributed by atoms with Gasteiger partial charge in [0.1, 0.15) is 49.9 Å². The Balaban J connectivity index is 0.000000702. The van der Waals surface area contributed by atoms with Gasteiger partial charge in [0.2, 0.25) is 0 Å². The molecule has 117 heavy (non-hydrogen) atoms. The van der Waals surface area contributed by atoms with Crippen molar-refractivity contribution in [3.8, 4) is 0 Å². The fourth-order valence-electron chi connectivity index (χ4n) is 8.15. The van der Waals surface area contributed by atoms with E-state index in [1.54, 1.807) is 65.8 Å². The first-order chi connectivity index (χ1) is 55.4.